The largest absolute Gasteiger partial charge is 0.397 e. The number of fused-ring (bicyclic) bond motifs is 1. The van der Waals surface area contributed by atoms with Gasteiger partial charge in [0.2, 0.25) is 0 Å². The zero-order valence-corrected chi connectivity index (χ0v) is 13.0. The van der Waals surface area contributed by atoms with Gasteiger partial charge in [-0.1, -0.05) is 0 Å². The van der Waals surface area contributed by atoms with Gasteiger partial charge in [-0.05, 0) is 19.1 Å². The second-order valence-corrected chi connectivity index (χ2v) is 5.82. The van der Waals surface area contributed by atoms with E-state index >= 15 is 0 Å². The average Bonchev–Trinajstić information content (AvgIpc) is 2.77. The van der Waals surface area contributed by atoms with Crippen molar-refractivity contribution < 1.29 is 9.47 Å². The van der Waals surface area contributed by atoms with Gasteiger partial charge in [-0.2, -0.15) is 0 Å². The van der Waals surface area contributed by atoms with Crippen LogP contribution in [0.15, 0.2) is 12.1 Å². The van der Waals surface area contributed by atoms with Crippen molar-refractivity contribution in [2.45, 2.75) is 6.92 Å². The summed E-state index contributed by atoms with van der Waals surface area (Å²) in [5.41, 5.74) is 8.96. The standard InChI is InChI=1S/C14H21N3O2S/c1-10-16-12-9-13(11(15)8-14(12)20-10)17(4-6-18-2)5-7-19-3/h8-9H,4-7,15H2,1-3H3. The molecule has 1 aromatic carbocycles. The lowest BCUT2D eigenvalue weighted by Crippen LogP contribution is -2.31. The highest BCUT2D eigenvalue weighted by Crippen LogP contribution is 2.31. The normalized spacial score (nSPS) is 11.2. The molecule has 0 atom stereocenters. The number of nitrogens with zero attached hydrogens (tertiary/aromatic N) is 2. The first-order valence-corrected chi connectivity index (χ1v) is 7.37. The molecule has 1 aromatic heterocycles. The second kappa shape index (κ2) is 6.88. The Balaban J connectivity index is 2.32. The summed E-state index contributed by atoms with van der Waals surface area (Å²) in [5, 5.41) is 1.05. The fourth-order valence-electron chi connectivity index (χ4n) is 2.12. The molecule has 0 amide bonds. The van der Waals surface area contributed by atoms with Crippen molar-refractivity contribution >= 4 is 32.9 Å². The topological polar surface area (TPSA) is 60.6 Å². The molecule has 5 nitrogen and oxygen atoms in total. The molecule has 2 aromatic rings. The number of hydrogen-bond donors (Lipinski definition) is 1. The molecule has 1 heterocycles. The molecule has 0 unspecified atom stereocenters. The Morgan fingerprint density at radius 3 is 2.45 bits per heavy atom. The number of benzene rings is 1. The minimum absolute atomic E-state index is 0.650. The predicted molar refractivity (Wildman–Crippen MR) is 84.7 cm³/mol. The predicted octanol–water partition coefficient (Wildman–Crippen LogP) is 2.29. The van der Waals surface area contributed by atoms with E-state index in [0.29, 0.717) is 13.2 Å². The first-order valence-electron chi connectivity index (χ1n) is 6.55. The van der Waals surface area contributed by atoms with E-state index in [1.165, 1.54) is 0 Å². The Hall–Kier alpha value is -1.37. The quantitative estimate of drug-likeness (QED) is 0.794. The monoisotopic (exact) mass is 295 g/mol. The molecule has 20 heavy (non-hydrogen) atoms. The van der Waals surface area contributed by atoms with Crippen LogP contribution in [-0.4, -0.2) is 45.5 Å². The summed E-state index contributed by atoms with van der Waals surface area (Å²) < 4.78 is 11.5. The van der Waals surface area contributed by atoms with Gasteiger partial charge in [-0.15, -0.1) is 11.3 Å². The fraction of sp³-hybridized carbons (Fsp3) is 0.500. The summed E-state index contributed by atoms with van der Waals surface area (Å²) in [5.74, 6) is 0. The number of nitrogens with two attached hydrogens (primary N) is 1. The van der Waals surface area contributed by atoms with Gasteiger partial charge in [0.25, 0.3) is 0 Å². The molecule has 0 radical (unpaired) electrons. The first-order chi connectivity index (χ1) is 9.65. The molecule has 0 saturated carbocycles. The van der Waals surface area contributed by atoms with Crippen molar-refractivity contribution in [3.05, 3.63) is 17.1 Å². The molecule has 6 heteroatoms. The van der Waals surface area contributed by atoms with E-state index in [-0.39, 0.29) is 0 Å². The molecule has 0 spiro atoms. The van der Waals surface area contributed by atoms with E-state index in [4.69, 9.17) is 15.2 Å². The highest BCUT2D eigenvalue weighted by Gasteiger charge is 2.12. The lowest BCUT2D eigenvalue weighted by molar-refractivity contribution is 0.190. The number of rotatable bonds is 7. The van der Waals surface area contributed by atoms with Gasteiger partial charge in [-0.3, -0.25) is 0 Å². The molecule has 0 aliphatic rings. The maximum Gasteiger partial charge on any atom is 0.0907 e. The van der Waals surface area contributed by atoms with Crippen molar-refractivity contribution in [2.75, 3.05) is 51.2 Å². The maximum atomic E-state index is 6.20. The van der Waals surface area contributed by atoms with Gasteiger partial charge in [0.15, 0.2) is 0 Å². The number of anilines is 2. The Kier molecular flexibility index (Phi) is 5.17. The Morgan fingerprint density at radius 2 is 1.85 bits per heavy atom. The molecule has 2 rings (SSSR count). The van der Waals surface area contributed by atoms with Gasteiger partial charge < -0.3 is 20.1 Å². The second-order valence-electron chi connectivity index (χ2n) is 4.58. The van der Waals surface area contributed by atoms with Crippen molar-refractivity contribution in [1.29, 1.82) is 0 Å². The van der Waals surface area contributed by atoms with Crippen molar-refractivity contribution in [1.82, 2.24) is 4.98 Å². The van der Waals surface area contributed by atoms with Crippen LogP contribution in [0.1, 0.15) is 5.01 Å². The number of aryl methyl sites for hydroxylation is 1. The summed E-state index contributed by atoms with van der Waals surface area (Å²) >= 11 is 1.66. The van der Waals surface area contributed by atoms with Gasteiger partial charge in [0, 0.05) is 27.3 Å². The number of methoxy groups -OCH3 is 2. The number of hydrogen-bond acceptors (Lipinski definition) is 6. The molecule has 0 fully saturated rings. The SMILES string of the molecule is COCCN(CCOC)c1cc2nc(C)sc2cc1N. The summed E-state index contributed by atoms with van der Waals surface area (Å²) in [7, 11) is 3.40. The number of aromatic nitrogens is 1. The molecule has 110 valence electrons. The van der Waals surface area contributed by atoms with Crippen molar-refractivity contribution in [3.8, 4) is 0 Å². The van der Waals surface area contributed by atoms with E-state index in [1.807, 2.05) is 13.0 Å². The summed E-state index contributed by atoms with van der Waals surface area (Å²) in [6.45, 7) is 4.86. The van der Waals surface area contributed by atoms with Crippen LogP contribution >= 0.6 is 11.3 Å². The molecule has 0 aliphatic heterocycles. The van der Waals surface area contributed by atoms with Crippen LogP contribution < -0.4 is 10.6 Å². The zero-order chi connectivity index (χ0) is 14.5. The Morgan fingerprint density at radius 1 is 1.20 bits per heavy atom. The lowest BCUT2D eigenvalue weighted by atomic mass is 10.2. The van der Waals surface area contributed by atoms with Crippen molar-refractivity contribution in [2.24, 2.45) is 0 Å². The number of ether oxygens (including phenoxy) is 2. The Labute approximate surface area is 123 Å². The minimum atomic E-state index is 0.650. The molecule has 0 saturated heterocycles. The van der Waals surface area contributed by atoms with Gasteiger partial charge in [-0.25, -0.2) is 4.98 Å². The van der Waals surface area contributed by atoms with Crippen LogP contribution in [-0.2, 0) is 9.47 Å². The van der Waals surface area contributed by atoms with Gasteiger partial charge >= 0.3 is 0 Å². The smallest absolute Gasteiger partial charge is 0.0907 e. The summed E-state index contributed by atoms with van der Waals surface area (Å²) in [4.78, 5) is 6.71. The van der Waals surface area contributed by atoms with Gasteiger partial charge in [0.05, 0.1) is 39.8 Å². The summed E-state index contributed by atoms with van der Waals surface area (Å²) in [6.07, 6.45) is 0. The number of thiazole rings is 1. The van der Waals surface area contributed by atoms with E-state index in [1.54, 1.807) is 25.6 Å². The third-order valence-corrected chi connectivity index (χ3v) is 4.05. The van der Waals surface area contributed by atoms with Crippen LogP contribution in [0.5, 0.6) is 0 Å². The van der Waals surface area contributed by atoms with E-state index < -0.39 is 0 Å². The maximum absolute atomic E-state index is 6.20. The molecule has 0 aliphatic carbocycles. The van der Waals surface area contributed by atoms with Crippen LogP contribution in [0, 0.1) is 6.92 Å². The molecular weight excluding hydrogens is 274 g/mol. The van der Waals surface area contributed by atoms with Crippen LogP contribution in [0.25, 0.3) is 10.2 Å². The third-order valence-electron chi connectivity index (χ3n) is 3.12. The van der Waals surface area contributed by atoms with E-state index in [0.717, 1.165) is 39.7 Å². The third kappa shape index (κ3) is 3.39. The van der Waals surface area contributed by atoms with Crippen LogP contribution in [0.3, 0.4) is 0 Å². The molecule has 0 bridgehead atoms. The number of nitrogen functional groups attached to an aromatic ring is 1. The van der Waals surface area contributed by atoms with Crippen molar-refractivity contribution in [3.63, 3.8) is 0 Å². The minimum Gasteiger partial charge on any atom is -0.397 e. The highest BCUT2D eigenvalue weighted by molar-refractivity contribution is 7.18. The Bertz CT molecular complexity index is 563. The lowest BCUT2D eigenvalue weighted by Gasteiger charge is -2.25. The van der Waals surface area contributed by atoms with E-state index in [2.05, 4.69) is 16.0 Å². The zero-order valence-electron chi connectivity index (χ0n) is 12.2. The van der Waals surface area contributed by atoms with Crippen LogP contribution in [0.2, 0.25) is 0 Å². The average molecular weight is 295 g/mol. The highest BCUT2D eigenvalue weighted by atomic mass is 32.1. The van der Waals surface area contributed by atoms with Gasteiger partial charge in [0.1, 0.15) is 0 Å². The first kappa shape index (κ1) is 15.0. The van der Waals surface area contributed by atoms with E-state index in [9.17, 15) is 0 Å². The molecular formula is C14H21N3O2S. The summed E-state index contributed by atoms with van der Waals surface area (Å²) in [6, 6.07) is 4.06. The molecule has 2 N–H and O–H groups in total. The fourth-order valence-corrected chi connectivity index (χ4v) is 2.98. The van der Waals surface area contributed by atoms with Crippen LogP contribution in [0.4, 0.5) is 11.4 Å².